The van der Waals surface area contributed by atoms with Crippen molar-refractivity contribution in [2.45, 2.75) is 45.7 Å². The Labute approximate surface area is 115 Å². The molecule has 0 amide bonds. The molecule has 1 aliphatic rings. The molecule has 1 N–H and O–H groups in total. The number of sulfonamides is 1. The van der Waals surface area contributed by atoms with Gasteiger partial charge in [-0.1, -0.05) is 24.3 Å². The summed E-state index contributed by atoms with van der Waals surface area (Å²) in [5, 5.41) is 0. The van der Waals surface area contributed by atoms with E-state index >= 15 is 0 Å². The van der Waals surface area contributed by atoms with E-state index in [1.54, 1.807) is 6.92 Å². The lowest BCUT2D eigenvalue weighted by Crippen LogP contribution is -2.48. The van der Waals surface area contributed by atoms with Crippen LogP contribution in [-0.2, 0) is 16.4 Å². The topological polar surface area (TPSA) is 49.4 Å². The van der Waals surface area contributed by atoms with Gasteiger partial charge in [0, 0.05) is 12.1 Å². The molecule has 1 aliphatic carbocycles. The number of fused-ring (bicyclic) bond motifs is 1. The molecule has 1 aromatic carbocycles. The summed E-state index contributed by atoms with van der Waals surface area (Å²) in [6.45, 7) is 5.46. The molecule has 0 bridgehead atoms. The molecule has 0 heterocycles. The van der Waals surface area contributed by atoms with Gasteiger partial charge in [-0.25, -0.2) is 13.8 Å². The molecule has 0 radical (unpaired) electrons. The largest absolute Gasteiger partial charge is 0.234 e. The summed E-state index contributed by atoms with van der Waals surface area (Å²) in [5.41, 5.74) is 5.75. The third-order valence-corrected chi connectivity index (χ3v) is 5.41. The van der Waals surface area contributed by atoms with Gasteiger partial charge in [0.2, 0.25) is 10.0 Å². The maximum Gasteiger partial charge on any atom is 0.226 e. The van der Waals surface area contributed by atoms with E-state index in [1.165, 1.54) is 15.5 Å². The second kappa shape index (κ2) is 5.61. The molecule has 19 heavy (non-hydrogen) atoms. The zero-order chi connectivity index (χ0) is 14.0. The first-order valence-corrected chi connectivity index (χ1v) is 8.42. The van der Waals surface area contributed by atoms with Gasteiger partial charge >= 0.3 is 0 Å². The molecule has 0 saturated carbocycles. The highest BCUT2D eigenvalue weighted by Crippen LogP contribution is 2.31. The van der Waals surface area contributed by atoms with Gasteiger partial charge in [0.25, 0.3) is 0 Å². The van der Waals surface area contributed by atoms with Crippen molar-refractivity contribution >= 4 is 10.0 Å². The maximum atomic E-state index is 12.1. The fourth-order valence-corrected chi connectivity index (χ4v) is 3.74. The summed E-state index contributed by atoms with van der Waals surface area (Å²) in [6, 6.07) is 8.25. The third kappa shape index (κ3) is 2.99. The number of nitrogens with zero attached hydrogens (tertiary/aromatic N) is 1. The van der Waals surface area contributed by atoms with Gasteiger partial charge in [0.05, 0.1) is 5.75 Å². The van der Waals surface area contributed by atoms with Crippen LogP contribution >= 0.6 is 0 Å². The number of hydrazine groups is 1. The summed E-state index contributed by atoms with van der Waals surface area (Å²) in [4.78, 5) is 0. The van der Waals surface area contributed by atoms with Crippen LogP contribution in [0.25, 0.3) is 0 Å². The lowest BCUT2D eigenvalue weighted by Gasteiger charge is -2.29. The molecular formula is C14H22N2O2S. The third-order valence-electron chi connectivity index (χ3n) is 3.55. The number of nitrogens with one attached hydrogen (secondary N) is 1. The molecule has 1 aromatic rings. The maximum absolute atomic E-state index is 12.1. The highest BCUT2D eigenvalue weighted by Gasteiger charge is 2.29. The van der Waals surface area contributed by atoms with Gasteiger partial charge in [-0.05, 0) is 44.7 Å². The van der Waals surface area contributed by atoms with Crippen LogP contribution in [0.4, 0.5) is 0 Å². The Hall–Kier alpha value is -0.910. The van der Waals surface area contributed by atoms with Crippen LogP contribution in [0.5, 0.6) is 0 Å². The van der Waals surface area contributed by atoms with Crippen molar-refractivity contribution in [3.05, 3.63) is 35.4 Å². The fraction of sp³-hybridized carbons (Fsp3) is 0.571. The Kier molecular flexibility index (Phi) is 4.28. The Morgan fingerprint density at radius 1 is 1.37 bits per heavy atom. The lowest BCUT2D eigenvalue weighted by molar-refractivity contribution is 0.229. The molecule has 2 rings (SSSR count). The van der Waals surface area contributed by atoms with Crippen LogP contribution in [0, 0.1) is 0 Å². The van der Waals surface area contributed by atoms with Gasteiger partial charge in [-0.15, -0.1) is 4.41 Å². The zero-order valence-electron chi connectivity index (χ0n) is 11.8. The molecule has 106 valence electrons. The Morgan fingerprint density at radius 2 is 2.05 bits per heavy atom. The predicted molar refractivity (Wildman–Crippen MR) is 77.1 cm³/mol. The summed E-state index contributed by atoms with van der Waals surface area (Å²) >= 11 is 0. The molecule has 1 unspecified atom stereocenters. The fourth-order valence-electron chi connectivity index (χ4n) is 2.53. The predicted octanol–water partition coefficient (Wildman–Crippen LogP) is 2.24. The second-order valence-electron chi connectivity index (χ2n) is 5.21. The first-order chi connectivity index (χ1) is 8.95. The van der Waals surface area contributed by atoms with Crippen molar-refractivity contribution in [3.63, 3.8) is 0 Å². The first kappa shape index (κ1) is 14.5. The second-order valence-corrected chi connectivity index (χ2v) is 7.34. The number of hydrogen-bond acceptors (Lipinski definition) is 3. The van der Waals surface area contributed by atoms with Crippen LogP contribution in [0.3, 0.4) is 0 Å². The quantitative estimate of drug-likeness (QED) is 0.843. The molecule has 0 fully saturated rings. The van der Waals surface area contributed by atoms with E-state index in [9.17, 15) is 8.42 Å². The molecule has 5 heteroatoms. The van der Waals surface area contributed by atoms with Gasteiger partial charge in [0.1, 0.15) is 0 Å². The Bertz CT molecular complexity index is 540. The molecular weight excluding hydrogens is 260 g/mol. The van der Waals surface area contributed by atoms with E-state index in [1.807, 2.05) is 26.0 Å². The minimum absolute atomic E-state index is 0.0855. The molecule has 0 aromatic heterocycles. The minimum atomic E-state index is -3.23. The van der Waals surface area contributed by atoms with Gasteiger partial charge in [-0.2, -0.15) is 0 Å². The molecule has 0 spiro atoms. The molecule has 0 aliphatic heterocycles. The number of hydrogen-bond donors (Lipinski definition) is 1. The molecule has 4 nitrogen and oxygen atoms in total. The summed E-state index contributed by atoms with van der Waals surface area (Å²) in [6.07, 6.45) is 1.95. The van der Waals surface area contributed by atoms with E-state index < -0.39 is 10.0 Å². The lowest BCUT2D eigenvalue weighted by atomic mass is 10.1. The Balaban J connectivity index is 2.21. The van der Waals surface area contributed by atoms with Crippen LogP contribution in [0.1, 0.15) is 44.4 Å². The van der Waals surface area contributed by atoms with Gasteiger partial charge in [-0.3, -0.25) is 0 Å². The van der Waals surface area contributed by atoms with Crippen LogP contribution < -0.4 is 5.43 Å². The monoisotopic (exact) mass is 282 g/mol. The average Bonchev–Trinajstić information content (AvgIpc) is 2.78. The standard InChI is InChI=1S/C14H22N2O2S/c1-4-19(17,18)16(11(2)3)15-14-10-9-12-7-5-6-8-13(12)14/h5-8,11,14-15H,4,9-10H2,1-3H3. The Morgan fingerprint density at radius 3 is 2.68 bits per heavy atom. The zero-order valence-corrected chi connectivity index (χ0v) is 12.6. The summed E-state index contributed by atoms with van der Waals surface area (Å²) in [7, 11) is -3.23. The smallest absolute Gasteiger partial charge is 0.226 e. The van der Waals surface area contributed by atoms with Crippen molar-refractivity contribution in [1.29, 1.82) is 0 Å². The van der Waals surface area contributed by atoms with Crippen LogP contribution in [0.15, 0.2) is 24.3 Å². The van der Waals surface area contributed by atoms with Gasteiger partial charge < -0.3 is 0 Å². The van der Waals surface area contributed by atoms with E-state index in [0.29, 0.717) is 0 Å². The minimum Gasteiger partial charge on any atom is -0.234 e. The van der Waals surface area contributed by atoms with Crippen molar-refractivity contribution < 1.29 is 8.42 Å². The van der Waals surface area contributed by atoms with Crippen molar-refractivity contribution in [2.75, 3.05) is 5.75 Å². The normalized spacial score (nSPS) is 19.1. The van der Waals surface area contributed by atoms with Gasteiger partial charge in [0.15, 0.2) is 0 Å². The van der Waals surface area contributed by atoms with Crippen molar-refractivity contribution in [2.24, 2.45) is 0 Å². The highest BCUT2D eigenvalue weighted by atomic mass is 32.2. The van der Waals surface area contributed by atoms with E-state index in [0.717, 1.165) is 12.8 Å². The van der Waals surface area contributed by atoms with Crippen LogP contribution in [0.2, 0.25) is 0 Å². The number of benzene rings is 1. The highest BCUT2D eigenvalue weighted by molar-refractivity contribution is 7.89. The first-order valence-electron chi connectivity index (χ1n) is 6.81. The van der Waals surface area contributed by atoms with E-state index in [4.69, 9.17) is 0 Å². The average molecular weight is 282 g/mol. The van der Waals surface area contributed by atoms with E-state index in [-0.39, 0.29) is 17.8 Å². The molecule has 1 atom stereocenters. The number of rotatable bonds is 5. The van der Waals surface area contributed by atoms with Crippen LogP contribution in [-0.4, -0.2) is 24.6 Å². The summed E-state index contributed by atoms with van der Waals surface area (Å²) < 4.78 is 25.6. The van der Waals surface area contributed by atoms with Crippen molar-refractivity contribution in [3.8, 4) is 0 Å². The van der Waals surface area contributed by atoms with Crippen molar-refractivity contribution in [1.82, 2.24) is 9.84 Å². The molecule has 0 saturated heterocycles. The summed E-state index contributed by atoms with van der Waals surface area (Å²) in [5.74, 6) is 0.118. The SMILES string of the molecule is CCS(=O)(=O)N(NC1CCc2ccccc21)C(C)C. The number of aryl methyl sites for hydroxylation is 1. The van der Waals surface area contributed by atoms with E-state index in [2.05, 4.69) is 17.6 Å².